The fourth-order valence-corrected chi connectivity index (χ4v) is 4.28. The lowest BCUT2D eigenvalue weighted by Gasteiger charge is -2.45. The maximum Gasteiger partial charge on any atom is 0.228 e. The standard InChI is InChI=1S/C13H22N2O2S/c1-12(2,3)11(17)14-6-4-5-13(9-14)15(10-16)7-8-18-13/h10H,4-9H2,1-3H3. The minimum atomic E-state index is -0.339. The molecule has 2 aliphatic heterocycles. The van der Waals surface area contributed by atoms with Crippen LogP contribution in [0.25, 0.3) is 0 Å². The number of hydrogen-bond acceptors (Lipinski definition) is 3. The van der Waals surface area contributed by atoms with Crippen LogP contribution in [-0.2, 0) is 9.59 Å². The maximum absolute atomic E-state index is 12.4. The van der Waals surface area contributed by atoms with Crippen molar-refractivity contribution in [2.24, 2.45) is 5.41 Å². The number of amides is 2. The molecule has 1 spiro atoms. The molecule has 1 unspecified atom stereocenters. The maximum atomic E-state index is 12.4. The number of rotatable bonds is 1. The number of nitrogens with zero attached hydrogens (tertiary/aromatic N) is 2. The van der Waals surface area contributed by atoms with E-state index >= 15 is 0 Å². The van der Waals surface area contributed by atoms with Gasteiger partial charge in [0, 0.05) is 24.3 Å². The Balaban J connectivity index is 2.14. The predicted molar refractivity (Wildman–Crippen MR) is 73.2 cm³/mol. The first-order chi connectivity index (χ1) is 8.39. The summed E-state index contributed by atoms with van der Waals surface area (Å²) in [6.07, 6.45) is 2.94. The highest BCUT2D eigenvalue weighted by Gasteiger charge is 2.46. The predicted octanol–water partition coefficient (Wildman–Crippen LogP) is 1.56. The first-order valence-corrected chi connectivity index (χ1v) is 7.53. The third-order valence-electron chi connectivity index (χ3n) is 3.72. The first-order valence-electron chi connectivity index (χ1n) is 6.54. The fraction of sp³-hybridized carbons (Fsp3) is 0.846. The molecule has 2 amide bonds. The van der Waals surface area contributed by atoms with Crippen molar-refractivity contribution in [1.82, 2.24) is 9.80 Å². The lowest BCUT2D eigenvalue weighted by atomic mass is 9.92. The highest BCUT2D eigenvalue weighted by Crippen LogP contribution is 2.42. The van der Waals surface area contributed by atoms with Gasteiger partial charge in [0.1, 0.15) is 4.87 Å². The van der Waals surface area contributed by atoms with Crippen LogP contribution in [0, 0.1) is 5.41 Å². The SMILES string of the molecule is CC(C)(C)C(=O)N1CCCC2(C1)SCCN2C=O. The Morgan fingerprint density at radius 3 is 2.67 bits per heavy atom. The van der Waals surface area contributed by atoms with Crippen LogP contribution in [-0.4, -0.2) is 52.4 Å². The number of hydrogen-bond donors (Lipinski definition) is 0. The van der Waals surface area contributed by atoms with Gasteiger partial charge in [0.05, 0.1) is 6.54 Å². The molecule has 102 valence electrons. The molecule has 2 rings (SSSR count). The molecule has 4 nitrogen and oxygen atoms in total. The van der Waals surface area contributed by atoms with Crippen LogP contribution in [0.4, 0.5) is 0 Å². The van der Waals surface area contributed by atoms with Crippen LogP contribution in [0.2, 0.25) is 0 Å². The van der Waals surface area contributed by atoms with Crippen LogP contribution in [0.3, 0.4) is 0 Å². The van der Waals surface area contributed by atoms with Crippen molar-refractivity contribution in [3.63, 3.8) is 0 Å². The molecule has 18 heavy (non-hydrogen) atoms. The molecule has 5 heteroatoms. The summed E-state index contributed by atoms with van der Waals surface area (Å²) < 4.78 is 0. The van der Waals surface area contributed by atoms with E-state index in [1.54, 1.807) is 0 Å². The van der Waals surface area contributed by atoms with Gasteiger partial charge in [-0.3, -0.25) is 9.59 Å². The van der Waals surface area contributed by atoms with E-state index < -0.39 is 0 Å². The number of carbonyl (C=O) groups is 2. The second-order valence-corrected chi connectivity index (χ2v) is 7.63. The Bertz CT molecular complexity index is 353. The highest BCUT2D eigenvalue weighted by atomic mass is 32.2. The summed E-state index contributed by atoms with van der Waals surface area (Å²) in [5, 5.41) is 0. The average molecular weight is 270 g/mol. The molecule has 0 aromatic carbocycles. The molecule has 0 aliphatic carbocycles. The van der Waals surface area contributed by atoms with Gasteiger partial charge in [0.25, 0.3) is 0 Å². The Morgan fingerprint density at radius 2 is 2.06 bits per heavy atom. The molecule has 0 aromatic heterocycles. The molecule has 1 atom stereocenters. The van der Waals surface area contributed by atoms with Gasteiger partial charge in [0.15, 0.2) is 0 Å². The zero-order valence-electron chi connectivity index (χ0n) is 11.4. The number of thioether (sulfide) groups is 1. The zero-order chi connectivity index (χ0) is 13.4. The van der Waals surface area contributed by atoms with Crippen molar-refractivity contribution in [2.45, 2.75) is 38.5 Å². The van der Waals surface area contributed by atoms with Gasteiger partial charge in [0.2, 0.25) is 12.3 Å². The first kappa shape index (κ1) is 13.7. The normalized spacial score (nSPS) is 28.8. The van der Waals surface area contributed by atoms with Crippen LogP contribution in [0.1, 0.15) is 33.6 Å². The molecule has 2 aliphatic rings. The van der Waals surface area contributed by atoms with E-state index in [2.05, 4.69) is 0 Å². The van der Waals surface area contributed by atoms with Gasteiger partial charge in [-0.15, -0.1) is 11.8 Å². The van der Waals surface area contributed by atoms with Crippen molar-refractivity contribution in [1.29, 1.82) is 0 Å². The third-order valence-corrected chi connectivity index (χ3v) is 5.21. The Morgan fingerprint density at radius 1 is 1.33 bits per heavy atom. The monoisotopic (exact) mass is 270 g/mol. The quantitative estimate of drug-likeness (QED) is 0.679. The molecular formula is C13H22N2O2S. The van der Waals surface area contributed by atoms with Crippen molar-refractivity contribution in [3.8, 4) is 0 Å². The van der Waals surface area contributed by atoms with E-state index in [1.807, 2.05) is 42.3 Å². The Kier molecular flexibility index (Phi) is 3.63. The molecule has 2 heterocycles. The molecule has 0 radical (unpaired) electrons. The average Bonchev–Trinajstić information content (AvgIpc) is 2.69. The summed E-state index contributed by atoms with van der Waals surface area (Å²) in [4.78, 5) is 27.2. The van der Waals surface area contributed by atoms with E-state index in [9.17, 15) is 9.59 Å². The zero-order valence-corrected chi connectivity index (χ0v) is 12.3. The van der Waals surface area contributed by atoms with Crippen molar-refractivity contribution >= 4 is 24.1 Å². The number of likely N-dealkylation sites (tertiary alicyclic amines) is 1. The van der Waals surface area contributed by atoms with Gasteiger partial charge < -0.3 is 9.80 Å². The molecule has 0 aromatic rings. The molecular weight excluding hydrogens is 248 g/mol. The summed E-state index contributed by atoms with van der Waals surface area (Å²) in [6, 6.07) is 0. The second-order valence-electron chi connectivity index (χ2n) is 6.17. The lowest BCUT2D eigenvalue weighted by Crippen LogP contribution is -2.56. The largest absolute Gasteiger partial charge is 0.339 e. The smallest absolute Gasteiger partial charge is 0.228 e. The fourth-order valence-electron chi connectivity index (χ4n) is 2.77. The van der Waals surface area contributed by atoms with Gasteiger partial charge in [-0.1, -0.05) is 20.8 Å². The van der Waals surface area contributed by atoms with Crippen molar-refractivity contribution in [3.05, 3.63) is 0 Å². The molecule has 2 fully saturated rings. The minimum absolute atomic E-state index is 0.152. The van der Waals surface area contributed by atoms with Crippen LogP contribution < -0.4 is 0 Å². The third kappa shape index (κ3) is 2.37. The van der Waals surface area contributed by atoms with E-state index in [-0.39, 0.29) is 16.2 Å². The second kappa shape index (κ2) is 4.76. The number of carbonyl (C=O) groups excluding carboxylic acids is 2. The van der Waals surface area contributed by atoms with Gasteiger partial charge in [-0.25, -0.2) is 0 Å². The topological polar surface area (TPSA) is 40.6 Å². The summed E-state index contributed by atoms with van der Waals surface area (Å²) >= 11 is 1.83. The van der Waals surface area contributed by atoms with Gasteiger partial charge in [-0.2, -0.15) is 0 Å². The summed E-state index contributed by atoms with van der Waals surface area (Å²) in [5.74, 6) is 1.18. The highest BCUT2D eigenvalue weighted by molar-refractivity contribution is 8.00. The molecule has 0 bridgehead atoms. The van der Waals surface area contributed by atoms with E-state index in [1.165, 1.54) is 0 Å². The van der Waals surface area contributed by atoms with Crippen LogP contribution in [0.15, 0.2) is 0 Å². The van der Waals surface area contributed by atoms with Gasteiger partial charge in [-0.05, 0) is 12.8 Å². The van der Waals surface area contributed by atoms with Crippen molar-refractivity contribution < 1.29 is 9.59 Å². The molecule has 0 N–H and O–H groups in total. The minimum Gasteiger partial charge on any atom is -0.339 e. The number of piperidine rings is 1. The van der Waals surface area contributed by atoms with E-state index in [4.69, 9.17) is 0 Å². The molecule has 2 saturated heterocycles. The van der Waals surface area contributed by atoms with Gasteiger partial charge >= 0.3 is 0 Å². The lowest BCUT2D eigenvalue weighted by molar-refractivity contribution is -0.143. The van der Waals surface area contributed by atoms with E-state index in [0.29, 0.717) is 6.54 Å². The Hall–Kier alpha value is -0.710. The summed E-state index contributed by atoms with van der Waals surface area (Å²) in [5.41, 5.74) is -0.339. The van der Waals surface area contributed by atoms with E-state index in [0.717, 1.165) is 38.1 Å². The Labute approximate surface area is 113 Å². The van der Waals surface area contributed by atoms with Crippen LogP contribution in [0.5, 0.6) is 0 Å². The molecule has 0 saturated carbocycles. The summed E-state index contributed by atoms with van der Waals surface area (Å²) in [6.45, 7) is 8.19. The van der Waals surface area contributed by atoms with Crippen molar-refractivity contribution in [2.75, 3.05) is 25.4 Å². The summed E-state index contributed by atoms with van der Waals surface area (Å²) in [7, 11) is 0. The van der Waals surface area contributed by atoms with Crippen LogP contribution >= 0.6 is 11.8 Å².